The van der Waals surface area contributed by atoms with E-state index in [4.69, 9.17) is 71.1 Å². The van der Waals surface area contributed by atoms with E-state index in [0.717, 1.165) is 20.8 Å². The van der Waals surface area contributed by atoms with Crippen LogP contribution in [0.5, 0.6) is 0 Å². The maximum atomic E-state index is 12.7. The van der Waals surface area contributed by atoms with Crippen molar-refractivity contribution in [3.05, 3.63) is 0 Å². The molecule has 8 rings (SSSR count). The number of ether oxygens (including phenoxy) is 15. The van der Waals surface area contributed by atoms with Crippen LogP contribution >= 0.6 is 0 Å². The highest BCUT2D eigenvalue weighted by molar-refractivity contribution is 5.74. The van der Waals surface area contributed by atoms with Crippen molar-refractivity contribution in [2.75, 3.05) is 52.9 Å². The lowest BCUT2D eigenvalue weighted by Gasteiger charge is -2.51. The predicted molar refractivity (Wildman–Crippen MR) is 299 cm³/mol. The Morgan fingerprint density at radius 2 is 0.510 bits per heavy atom. The Labute approximate surface area is 554 Å². The first-order valence-corrected chi connectivity index (χ1v) is 31.1. The Morgan fingerprint density at radius 1 is 0.265 bits per heavy atom. The fourth-order valence-corrected chi connectivity index (χ4v) is 12.5. The first-order valence-electron chi connectivity index (χ1n) is 31.1. The SMILES string of the molecule is CC(=O)N[C@@H]1[C@H](O[C@@H]2[C@H](O)[C@@H](O)[C@H](O[C@H]3[C@H](O)[C@@H](NC(C)=O)[C@H](O[C@@H]4[C@H](O)[C@@H](O)[C@H](O[C@H]5[C@H](O)[C@@H](NC(C)=O)[C@H](OC[C@H]6O[C@H](OC[C@H]7O[C@@H](O)[C@@H](O)[C@@H](O)[C@@H]7O)[C@@H](O)[C@@H](O)[C@@H]6O)O[C@@H]5CO)O[C@@H]4CO)O[C@@H]3CO)O[C@@H]2CO)O[C@H](CO)[C@@H](O[C@@H]2O[C@H](CO)[C@H](O)[C@H](O)[C@H]2O)[C@@H]1O. The van der Waals surface area contributed by atoms with Crippen LogP contribution in [0.3, 0.4) is 0 Å². The molecule has 44 nitrogen and oxygen atoms in total. The second kappa shape index (κ2) is 35.1. The molecule has 8 fully saturated rings. The normalized spacial score (nSPS) is 49.5. The average molecular weight is 1440 g/mol. The molecule has 3 amide bonds. The number of carbonyl (C=O) groups excluding carboxylic acids is 3. The quantitative estimate of drug-likeness (QED) is 0.0404. The largest absolute Gasteiger partial charge is 0.394 e. The van der Waals surface area contributed by atoms with Crippen LogP contribution < -0.4 is 16.0 Å². The van der Waals surface area contributed by atoms with Crippen LogP contribution in [0.1, 0.15) is 20.8 Å². The summed E-state index contributed by atoms with van der Waals surface area (Å²) >= 11 is 0. The molecule has 0 aliphatic carbocycles. The molecule has 0 aromatic heterocycles. The molecule has 0 aromatic rings. The van der Waals surface area contributed by atoms with Crippen LogP contribution in [-0.4, -0.2) is 433 Å². The van der Waals surface area contributed by atoms with Crippen molar-refractivity contribution in [3.63, 3.8) is 0 Å². The summed E-state index contributed by atoms with van der Waals surface area (Å²) in [5, 5.41) is 255. The predicted octanol–water partition coefficient (Wildman–Crippen LogP) is -18.0. The molecule has 0 spiro atoms. The molecule has 0 unspecified atom stereocenters. The minimum atomic E-state index is -2.27. The van der Waals surface area contributed by atoms with Crippen LogP contribution in [0.2, 0.25) is 0 Å². The highest BCUT2D eigenvalue weighted by Gasteiger charge is 2.59. The number of carbonyl (C=O) groups is 3. The lowest BCUT2D eigenvalue weighted by molar-refractivity contribution is -0.385. The molecule has 8 saturated heterocycles. The highest BCUT2D eigenvalue weighted by Crippen LogP contribution is 2.38. The summed E-state index contributed by atoms with van der Waals surface area (Å²) in [6.07, 6.45) is -70.7. The van der Waals surface area contributed by atoms with E-state index < -0.39 is 316 Å². The number of hydrogen-bond acceptors (Lipinski definition) is 41. The summed E-state index contributed by atoms with van der Waals surface area (Å²) in [7, 11) is 0. The van der Waals surface area contributed by atoms with E-state index in [9.17, 15) is 132 Å². The summed E-state index contributed by atoms with van der Waals surface area (Å²) < 4.78 is 86.0. The summed E-state index contributed by atoms with van der Waals surface area (Å²) in [4.78, 5) is 37.8. The zero-order chi connectivity index (χ0) is 72.2. The molecule has 8 aliphatic rings. The molecule has 0 saturated carbocycles. The van der Waals surface area contributed by atoms with Crippen LogP contribution in [0, 0.1) is 0 Å². The Bertz CT molecular complexity index is 2510. The van der Waals surface area contributed by atoms with Gasteiger partial charge in [0.1, 0.15) is 195 Å². The number of nitrogens with one attached hydrogen (secondary N) is 3. The van der Waals surface area contributed by atoms with Crippen molar-refractivity contribution < 1.29 is 203 Å². The van der Waals surface area contributed by atoms with Gasteiger partial charge in [-0.3, -0.25) is 14.4 Å². The van der Waals surface area contributed by atoms with Crippen molar-refractivity contribution >= 4 is 17.7 Å². The Hall–Kier alpha value is -3.11. The van der Waals surface area contributed by atoms with Gasteiger partial charge in [0.15, 0.2) is 50.3 Å². The van der Waals surface area contributed by atoms with Gasteiger partial charge in [0.2, 0.25) is 17.7 Å². The lowest BCUT2D eigenvalue weighted by atomic mass is 9.93. The third-order valence-electron chi connectivity index (χ3n) is 17.8. The van der Waals surface area contributed by atoms with E-state index in [1.54, 1.807) is 0 Å². The molecule has 8 heterocycles. The van der Waals surface area contributed by atoms with E-state index in [2.05, 4.69) is 16.0 Å². The Morgan fingerprint density at radius 3 is 0.867 bits per heavy atom. The van der Waals surface area contributed by atoms with E-state index in [-0.39, 0.29) is 0 Å². The molecule has 44 heteroatoms. The van der Waals surface area contributed by atoms with E-state index in [0.29, 0.717) is 0 Å². The van der Waals surface area contributed by atoms with Gasteiger partial charge in [0, 0.05) is 20.8 Å². The summed E-state index contributed by atoms with van der Waals surface area (Å²) in [5.74, 6) is -2.55. The van der Waals surface area contributed by atoms with Crippen LogP contribution in [-0.2, 0) is 85.4 Å². The number of aliphatic hydroxyl groups excluding tert-OH is 23. The van der Waals surface area contributed by atoms with Gasteiger partial charge in [-0.1, -0.05) is 0 Å². The van der Waals surface area contributed by atoms with Gasteiger partial charge < -0.3 is 204 Å². The van der Waals surface area contributed by atoms with E-state index in [1.807, 2.05) is 0 Å². The zero-order valence-corrected chi connectivity index (χ0v) is 52.4. The fraction of sp³-hybridized carbons (Fsp3) is 0.944. The van der Waals surface area contributed by atoms with Crippen molar-refractivity contribution in [2.24, 2.45) is 0 Å². The van der Waals surface area contributed by atoms with Gasteiger partial charge >= 0.3 is 0 Å². The highest BCUT2D eigenvalue weighted by atomic mass is 16.8. The Kier molecular flexibility index (Phi) is 28.9. The molecule has 0 radical (unpaired) electrons. The van der Waals surface area contributed by atoms with Crippen LogP contribution in [0.25, 0.3) is 0 Å². The molecular formula is C54H91N3O41. The third kappa shape index (κ3) is 17.6. The van der Waals surface area contributed by atoms with Gasteiger partial charge in [-0.15, -0.1) is 0 Å². The summed E-state index contributed by atoms with van der Waals surface area (Å²) in [5.41, 5.74) is 0. The van der Waals surface area contributed by atoms with Gasteiger partial charge in [-0.05, 0) is 0 Å². The molecule has 40 atom stereocenters. The van der Waals surface area contributed by atoms with Crippen molar-refractivity contribution in [1.29, 1.82) is 0 Å². The topological polar surface area (TPSA) is 691 Å². The van der Waals surface area contributed by atoms with E-state index in [1.165, 1.54) is 0 Å². The Balaban J connectivity index is 0.904. The molecule has 568 valence electrons. The molecule has 0 aromatic carbocycles. The molecule has 8 aliphatic heterocycles. The zero-order valence-electron chi connectivity index (χ0n) is 52.4. The summed E-state index contributed by atoms with van der Waals surface area (Å²) in [6, 6.07) is -5.25. The van der Waals surface area contributed by atoms with Gasteiger partial charge in [-0.25, -0.2) is 0 Å². The van der Waals surface area contributed by atoms with Crippen LogP contribution in [0.15, 0.2) is 0 Å². The third-order valence-corrected chi connectivity index (χ3v) is 17.8. The van der Waals surface area contributed by atoms with Crippen molar-refractivity contribution in [3.8, 4) is 0 Å². The number of hydrogen-bond donors (Lipinski definition) is 26. The number of aliphatic hydroxyl groups is 23. The van der Waals surface area contributed by atoms with Crippen molar-refractivity contribution in [1.82, 2.24) is 16.0 Å². The van der Waals surface area contributed by atoms with Crippen LogP contribution in [0.4, 0.5) is 0 Å². The molecule has 0 bridgehead atoms. The maximum absolute atomic E-state index is 12.7. The second-order valence-corrected chi connectivity index (χ2v) is 24.7. The van der Waals surface area contributed by atoms with E-state index >= 15 is 0 Å². The first kappa shape index (κ1) is 80.6. The minimum absolute atomic E-state index is 0.735. The fourth-order valence-electron chi connectivity index (χ4n) is 12.5. The number of rotatable bonds is 25. The van der Waals surface area contributed by atoms with Crippen molar-refractivity contribution in [2.45, 2.75) is 266 Å². The summed E-state index contributed by atoms with van der Waals surface area (Å²) in [6.45, 7) is -4.73. The standard InChI is InChI=1S/C54H91N3O41/c1-12(64)55-23-29(70)42(16(5-59)88-48(23)84-11-22-28(69)34(75)38(79)51(93-22)85-10-21-27(68)32(73)37(78)47(83)86-21)97-53-40(81)35(76)45(19(8-62)91-53)95-50-25(57-14(3)66)31(72)44(18(7-61)90-50)98-54-41(82)36(77)46(20(9-63)92-54)94-49-24(56-13(2)65)30(71)43(17(6-60)89-49)96-52-39(80)33(74)26(67)15(4-58)87-52/h15-54,58-63,67-83H,4-11H2,1-3H3,(H,55,64)(H,56,65)(H,57,66)/t15-,16-,17-,18-,19-,20-,21-,22-,23-,24+,25-,26+,27-,28-,29-,30-,31-,32+,33+,34+,35-,36-,37+,38+,39-,40-,41-,42-,43-,44-,45+,46+,47-,48-,49+,50+,51+,52+,53+,54+/m1/s1. The van der Waals surface area contributed by atoms with Gasteiger partial charge in [0.05, 0.1) is 52.9 Å². The monoisotopic (exact) mass is 1440 g/mol. The number of amides is 3. The van der Waals surface area contributed by atoms with Gasteiger partial charge in [0.25, 0.3) is 0 Å². The molecule has 26 N–H and O–H groups in total. The maximum Gasteiger partial charge on any atom is 0.217 e. The van der Waals surface area contributed by atoms with Gasteiger partial charge in [-0.2, -0.15) is 0 Å². The lowest BCUT2D eigenvalue weighted by Crippen LogP contribution is -2.70. The first-order chi connectivity index (χ1) is 46.3. The molecule has 98 heavy (non-hydrogen) atoms. The molecular weight excluding hydrogens is 1350 g/mol. The average Bonchev–Trinajstić information content (AvgIpc) is 0.770. The minimum Gasteiger partial charge on any atom is -0.394 e. The smallest absolute Gasteiger partial charge is 0.217 e. The second-order valence-electron chi connectivity index (χ2n) is 24.7.